The van der Waals surface area contributed by atoms with E-state index in [0.29, 0.717) is 0 Å². The number of para-hydroxylation sites is 3. The van der Waals surface area contributed by atoms with Crippen LogP contribution < -0.4 is 4.74 Å². The van der Waals surface area contributed by atoms with Crippen molar-refractivity contribution >= 4 is 23.2 Å². The van der Waals surface area contributed by atoms with Crippen LogP contribution in [-0.2, 0) is 13.0 Å². The largest absolute Gasteiger partial charge is 0.496 e. The number of imidazole rings is 1. The maximum absolute atomic E-state index is 5.45. The molecule has 0 aliphatic rings. The fourth-order valence-electron chi connectivity index (χ4n) is 3.31. The van der Waals surface area contributed by atoms with E-state index < -0.39 is 0 Å². The van der Waals surface area contributed by atoms with Gasteiger partial charge in [0.1, 0.15) is 11.6 Å². The quantitative estimate of drug-likeness (QED) is 0.460. The Labute approximate surface area is 159 Å². The molecule has 0 saturated carbocycles. The summed E-state index contributed by atoms with van der Waals surface area (Å²) in [7, 11) is 1.70. The monoisotopic (exact) mass is 354 g/mol. The molecule has 4 aromatic rings. The average molecular weight is 354 g/mol. The van der Waals surface area contributed by atoms with E-state index in [1.807, 2.05) is 30.3 Å². The highest BCUT2D eigenvalue weighted by Crippen LogP contribution is 2.22. The van der Waals surface area contributed by atoms with Gasteiger partial charge in [0.15, 0.2) is 0 Å². The minimum absolute atomic E-state index is 0.862. The first-order valence-electron chi connectivity index (χ1n) is 9.15. The van der Waals surface area contributed by atoms with Crippen molar-refractivity contribution in [2.45, 2.75) is 13.0 Å². The molecule has 0 aliphatic heterocycles. The van der Waals surface area contributed by atoms with Crippen molar-refractivity contribution in [3.8, 4) is 5.75 Å². The number of hydrogen-bond donors (Lipinski definition) is 0. The van der Waals surface area contributed by atoms with Gasteiger partial charge < -0.3 is 9.30 Å². The van der Waals surface area contributed by atoms with Gasteiger partial charge in [-0.15, -0.1) is 0 Å². The van der Waals surface area contributed by atoms with Crippen molar-refractivity contribution < 1.29 is 4.74 Å². The van der Waals surface area contributed by atoms with Gasteiger partial charge in [-0.05, 0) is 42.3 Å². The normalized spacial score (nSPS) is 11.3. The molecule has 1 heterocycles. The lowest BCUT2D eigenvalue weighted by atomic mass is 10.1. The second kappa shape index (κ2) is 7.92. The number of aromatic nitrogens is 2. The fraction of sp³-hybridized carbons (Fsp3) is 0.125. The van der Waals surface area contributed by atoms with Gasteiger partial charge >= 0.3 is 0 Å². The van der Waals surface area contributed by atoms with Crippen LogP contribution in [0.2, 0.25) is 0 Å². The molecule has 134 valence electrons. The molecule has 3 heteroatoms. The predicted octanol–water partition coefficient (Wildman–Crippen LogP) is 5.46. The molecule has 27 heavy (non-hydrogen) atoms. The van der Waals surface area contributed by atoms with Crippen molar-refractivity contribution in [1.82, 2.24) is 9.55 Å². The predicted molar refractivity (Wildman–Crippen MR) is 112 cm³/mol. The second-order valence-electron chi connectivity index (χ2n) is 6.42. The molecule has 0 saturated heterocycles. The molecule has 0 unspecified atom stereocenters. The van der Waals surface area contributed by atoms with Crippen LogP contribution in [0.25, 0.3) is 23.2 Å². The molecular formula is C24H22N2O. The number of benzene rings is 3. The lowest BCUT2D eigenvalue weighted by Gasteiger charge is -2.08. The maximum atomic E-state index is 5.45. The van der Waals surface area contributed by atoms with Crippen LogP contribution in [0.3, 0.4) is 0 Å². The zero-order valence-corrected chi connectivity index (χ0v) is 15.4. The number of rotatable bonds is 6. The molecule has 0 atom stereocenters. The minimum Gasteiger partial charge on any atom is -0.496 e. The standard InChI is InChI=1S/C24H22N2O/c1-27-23-14-8-5-11-20(23)15-16-24-25-21-12-6-7-13-22(21)26(24)18-17-19-9-3-2-4-10-19/h2-16H,17-18H2,1H3. The van der Waals surface area contributed by atoms with Crippen molar-refractivity contribution in [3.63, 3.8) is 0 Å². The zero-order chi connectivity index (χ0) is 18.5. The van der Waals surface area contributed by atoms with E-state index >= 15 is 0 Å². The van der Waals surface area contributed by atoms with E-state index in [9.17, 15) is 0 Å². The summed E-state index contributed by atoms with van der Waals surface area (Å²) in [6.45, 7) is 0.885. The topological polar surface area (TPSA) is 27.1 Å². The van der Waals surface area contributed by atoms with Crippen molar-refractivity contribution in [2.24, 2.45) is 0 Å². The molecule has 0 aliphatic carbocycles. The molecule has 0 spiro atoms. The summed E-state index contributed by atoms with van der Waals surface area (Å²) in [5.74, 6) is 1.82. The van der Waals surface area contributed by atoms with Crippen LogP contribution in [0.5, 0.6) is 5.75 Å². The lowest BCUT2D eigenvalue weighted by Crippen LogP contribution is -2.03. The zero-order valence-electron chi connectivity index (χ0n) is 15.4. The van der Waals surface area contributed by atoms with Gasteiger partial charge in [-0.25, -0.2) is 4.98 Å². The SMILES string of the molecule is COc1ccccc1C=Cc1nc2ccccc2n1CCc1ccccc1. The van der Waals surface area contributed by atoms with Crippen LogP contribution in [0.1, 0.15) is 17.0 Å². The average Bonchev–Trinajstić information content (AvgIpc) is 3.09. The lowest BCUT2D eigenvalue weighted by molar-refractivity contribution is 0.414. The summed E-state index contributed by atoms with van der Waals surface area (Å²) >= 11 is 0. The third-order valence-corrected chi connectivity index (χ3v) is 4.70. The van der Waals surface area contributed by atoms with Crippen molar-refractivity contribution in [2.75, 3.05) is 7.11 Å². The Bertz CT molecular complexity index is 1060. The summed E-state index contributed by atoms with van der Waals surface area (Å²) in [5, 5.41) is 0. The number of fused-ring (bicyclic) bond motifs is 1. The molecule has 0 N–H and O–H groups in total. The van der Waals surface area contributed by atoms with Crippen LogP contribution in [0.15, 0.2) is 78.9 Å². The van der Waals surface area contributed by atoms with Gasteiger partial charge in [0.25, 0.3) is 0 Å². The Hall–Kier alpha value is -3.33. The van der Waals surface area contributed by atoms with Crippen LogP contribution >= 0.6 is 0 Å². The summed E-state index contributed by atoms with van der Waals surface area (Å²) in [4.78, 5) is 4.83. The van der Waals surface area contributed by atoms with Crippen molar-refractivity contribution in [3.05, 3.63) is 95.8 Å². The van der Waals surface area contributed by atoms with E-state index in [1.54, 1.807) is 7.11 Å². The maximum Gasteiger partial charge on any atom is 0.133 e. The highest BCUT2D eigenvalue weighted by atomic mass is 16.5. The Kier molecular flexibility index (Phi) is 5.01. The Morgan fingerprint density at radius 3 is 2.44 bits per heavy atom. The smallest absolute Gasteiger partial charge is 0.133 e. The molecule has 0 radical (unpaired) electrons. The summed E-state index contributed by atoms with van der Waals surface area (Å²) in [6, 6.07) is 26.9. The molecule has 3 nitrogen and oxygen atoms in total. The fourth-order valence-corrected chi connectivity index (χ4v) is 3.31. The number of ether oxygens (including phenoxy) is 1. The molecule has 0 fully saturated rings. The summed E-state index contributed by atoms with van der Waals surface area (Å²) < 4.78 is 7.74. The van der Waals surface area contributed by atoms with Gasteiger partial charge in [0.05, 0.1) is 18.1 Å². The van der Waals surface area contributed by atoms with E-state index in [0.717, 1.165) is 41.1 Å². The first-order valence-corrected chi connectivity index (χ1v) is 9.15. The van der Waals surface area contributed by atoms with Crippen LogP contribution in [0, 0.1) is 0 Å². The first kappa shape index (κ1) is 17.1. The number of methoxy groups -OCH3 is 1. The van der Waals surface area contributed by atoms with E-state index in [4.69, 9.17) is 9.72 Å². The summed E-state index contributed by atoms with van der Waals surface area (Å²) in [6.07, 6.45) is 5.11. The number of hydrogen-bond acceptors (Lipinski definition) is 2. The van der Waals surface area contributed by atoms with Gasteiger partial charge in [-0.1, -0.05) is 60.7 Å². The van der Waals surface area contributed by atoms with Gasteiger partial charge in [0.2, 0.25) is 0 Å². The van der Waals surface area contributed by atoms with Gasteiger partial charge in [0, 0.05) is 12.1 Å². The van der Waals surface area contributed by atoms with Crippen molar-refractivity contribution in [1.29, 1.82) is 0 Å². The van der Waals surface area contributed by atoms with Crippen LogP contribution in [0.4, 0.5) is 0 Å². The highest BCUT2D eigenvalue weighted by molar-refractivity contribution is 5.80. The first-order chi connectivity index (χ1) is 13.3. The Morgan fingerprint density at radius 2 is 1.59 bits per heavy atom. The molecule has 3 aromatic carbocycles. The van der Waals surface area contributed by atoms with Gasteiger partial charge in [-0.3, -0.25) is 0 Å². The Morgan fingerprint density at radius 1 is 0.852 bits per heavy atom. The third kappa shape index (κ3) is 3.77. The van der Waals surface area contributed by atoms with E-state index in [1.165, 1.54) is 5.56 Å². The molecule has 1 aromatic heterocycles. The van der Waals surface area contributed by atoms with Gasteiger partial charge in [-0.2, -0.15) is 0 Å². The van der Waals surface area contributed by atoms with E-state index in [2.05, 4.69) is 65.3 Å². The Balaban J connectivity index is 1.68. The van der Waals surface area contributed by atoms with E-state index in [-0.39, 0.29) is 0 Å². The third-order valence-electron chi connectivity index (χ3n) is 4.70. The molecule has 0 amide bonds. The minimum atomic E-state index is 0.862. The van der Waals surface area contributed by atoms with Crippen LogP contribution in [-0.4, -0.2) is 16.7 Å². The number of aryl methyl sites for hydroxylation is 2. The summed E-state index contributed by atoms with van der Waals surface area (Å²) in [5.41, 5.74) is 4.55. The molecule has 4 rings (SSSR count). The second-order valence-corrected chi connectivity index (χ2v) is 6.42. The molecular weight excluding hydrogens is 332 g/mol. The molecule has 0 bridgehead atoms. The number of nitrogens with zero attached hydrogens (tertiary/aromatic N) is 2. The highest BCUT2D eigenvalue weighted by Gasteiger charge is 2.08.